The number of piperidine rings is 1. The number of methoxy groups -OCH3 is 1. The highest BCUT2D eigenvalue weighted by Crippen LogP contribution is 2.27. The number of aromatic nitrogens is 2. The summed E-state index contributed by atoms with van der Waals surface area (Å²) in [6.45, 7) is 9.59. The number of amides is 1. The quantitative estimate of drug-likeness (QED) is 0.328. The van der Waals surface area contributed by atoms with Crippen LogP contribution in [0.4, 0.5) is 5.69 Å². The van der Waals surface area contributed by atoms with Gasteiger partial charge in [0.15, 0.2) is 5.69 Å². The van der Waals surface area contributed by atoms with Gasteiger partial charge in [-0.25, -0.2) is 0 Å². The third-order valence-corrected chi connectivity index (χ3v) is 6.86. The third-order valence-electron chi connectivity index (χ3n) is 6.62. The number of carbonyl (C=O) groups excluding carboxylic acids is 1. The van der Waals surface area contributed by atoms with Crippen molar-refractivity contribution in [3.63, 3.8) is 0 Å². The van der Waals surface area contributed by atoms with Crippen molar-refractivity contribution in [2.75, 3.05) is 32.1 Å². The molecule has 0 aliphatic carbocycles. The van der Waals surface area contributed by atoms with Crippen molar-refractivity contribution in [3.05, 3.63) is 70.0 Å². The Kier molecular flexibility index (Phi) is 11.1. The van der Waals surface area contributed by atoms with E-state index in [1.165, 1.54) is 0 Å². The Morgan fingerprint density at radius 1 is 1.10 bits per heavy atom. The van der Waals surface area contributed by atoms with E-state index in [2.05, 4.69) is 29.2 Å². The van der Waals surface area contributed by atoms with Crippen molar-refractivity contribution in [3.8, 4) is 11.5 Å². The molecule has 2 aromatic carbocycles. The third kappa shape index (κ3) is 8.35. The topological polar surface area (TPSA) is 88.8 Å². The number of hydrogen-bond acceptors (Lipinski definition) is 6. The van der Waals surface area contributed by atoms with Crippen LogP contribution in [0, 0.1) is 12.8 Å². The number of likely N-dealkylation sites (tertiary alicyclic amines) is 1. The molecule has 2 N–H and O–H groups in total. The number of hydrogen-bond donors (Lipinski definition) is 2. The summed E-state index contributed by atoms with van der Waals surface area (Å²) >= 11 is 6.26. The molecule has 1 aliphatic heterocycles. The van der Waals surface area contributed by atoms with Gasteiger partial charge in [0.1, 0.15) is 11.5 Å². The van der Waals surface area contributed by atoms with Crippen LogP contribution in [-0.2, 0) is 13.1 Å². The van der Waals surface area contributed by atoms with Gasteiger partial charge in [-0.1, -0.05) is 31.5 Å². The molecule has 2 heterocycles. The van der Waals surface area contributed by atoms with Crippen LogP contribution in [0.5, 0.6) is 11.5 Å². The molecule has 10 heteroatoms. The molecule has 1 aromatic heterocycles. The van der Waals surface area contributed by atoms with Crippen molar-refractivity contribution in [1.82, 2.24) is 14.7 Å². The zero-order valence-electron chi connectivity index (χ0n) is 22.9. The van der Waals surface area contributed by atoms with Gasteiger partial charge in [-0.15, -0.1) is 12.4 Å². The fraction of sp³-hybridized carbons (Fsp3) is 0.448. The van der Waals surface area contributed by atoms with Crippen molar-refractivity contribution in [2.45, 2.75) is 52.8 Å². The van der Waals surface area contributed by atoms with Crippen LogP contribution in [0.15, 0.2) is 42.5 Å². The molecule has 1 amide bonds. The highest BCUT2D eigenvalue weighted by molar-refractivity contribution is 6.30. The average molecular weight is 578 g/mol. The Morgan fingerprint density at radius 3 is 2.54 bits per heavy atom. The maximum Gasteiger partial charge on any atom is 0.276 e. The number of aliphatic hydroxyl groups excluding tert-OH is 1. The van der Waals surface area contributed by atoms with Gasteiger partial charge in [0.25, 0.3) is 5.91 Å². The summed E-state index contributed by atoms with van der Waals surface area (Å²) in [5.41, 5.74) is 3.75. The number of aliphatic hydroxyl groups is 1. The SMILES string of the molecule is COc1cc(NC(=O)c2cc(C)n(Cc3cc(Cl)ccc3OCC(C)C)n2)ccc1CN1CCC(O)CC1.Cl. The average Bonchev–Trinajstić information content (AvgIpc) is 3.25. The first-order chi connectivity index (χ1) is 18.2. The van der Waals surface area contributed by atoms with Gasteiger partial charge in [-0.05, 0) is 56.0 Å². The summed E-state index contributed by atoms with van der Waals surface area (Å²) in [6.07, 6.45) is 1.36. The molecule has 1 fully saturated rings. The molecular formula is C29H38Cl2N4O4. The van der Waals surface area contributed by atoms with Gasteiger partial charge in [0, 0.05) is 53.2 Å². The van der Waals surface area contributed by atoms with Crippen LogP contribution in [0.25, 0.3) is 0 Å². The minimum atomic E-state index is -0.297. The summed E-state index contributed by atoms with van der Waals surface area (Å²) in [6, 6.07) is 13.0. The molecule has 0 spiro atoms. The zero-order chi connectivity index (χ0) is 27.2. The highest BCUT2D eigenvalue weighted by Gasteiger charge is 2.19. The van der Waals surface area contributed by atoms with E-state index < -0.39 is 0 Å². The lowest BCUT2D eigenvalue weighted by Gasteiger charge is -2.29. The molecule has 3 aromatic rings. The van der Waals surface area contributed by atoms with E-state index in [-0.39, 0.29) is 24.4 Å². The molecule has 1 saturated heterocycles. The van der Waals surface area contributed by atoms with Crippen LogP contribution in [0.2, 0.25) is 5.02 Å². The molecule has 1 aliphatic rings. The second kappa shape index (κ2) is 14.0. The second-order valence-corrected chi connectivity index (χ2v) is 10.7. The lowest BCUT2D eigenvalue weighted by atomic mass is 10.1. The molecule has 0 unspecified atom stereocenters. The summed E-state index contributed by atoms with van der Waals surface area (Å²) in [5, 5.41) is 17.9. The predicted molar refractivity (Wildman–Crippen MR) is 157 cm³/mol. The Balaban J connectivity index is 0.00000420. The van der Waals surface area contributed by atoms with E-state index in [9.17, 15) is 9.90 Å². The minimum Gasteiger partial charge on any atom is -0.496 e. The zero-order valence-corrected chi connectivity index (χ0v) is 24.5. The van der Waals surface area contributed by atoms with E-state index in [1.807, 2.05) is 43.3 Å². The van der Waals surface area contributed by atoms with E-state index in [0.29, 0.717) is 41.2 Å². The van der Waals surface area contributed by atoms with Crippen LogP contribution in [0.1, 0.15) is 54.0 Å². The summed E-state index contributed by atoms with van der Waals surface area (Å²) in [7, 11) is 1.63. The lowest BCUT2D eigenvalue weighted by Crippen LogP contribution is -2.35. The molecule has 4 rings (SSSR count). The Hall–Kier alpha value is -2.78. The number of benzene rings is 2. The Bertz CT molecular complexity index is 1260. The van der Waals surface area contributed by atoms with Gasteiger partial charge >= 0.3 is 0 Å². The van der Waals surface area contributed by atoms with Gasteiger partial charge in [-0.2, -0.15) is 5.10 Å². The monoisotopic (exact) mass is 576 g/mol. The number of nitrogens with zero attached hydrogens (tertiary/aromatic N) is 3. The summed E-state index contributed by atoms with van der Waals surface area (Å²) < 4.78 is 13.4. The molecule has 0 bridgehead atoms. The second-order valence-electron chi connectivity index (χ2n) is 10.3. The molecule has 8 nitrogen and oxygen atoms in total. The molecule has 0 atom stereocenters. The van der Waals surface area contributed by atoms with Gasteiger partial charge in [0.05, 0.1) is 26.4 Å². The fourth-order valence-corrected chi connectivity index (χ4v) is 4.67. The normalized spacial score (nSPS) is 14.2. The first-order valence-corrected chi connectivity index (χ1v) is 13.4. The van der Waals surface area contributed by atoms with Crippen LogP contribution in [0.3, 0.4) is 0 Å². The first-order valence-electron chi connectivity index (χ1n) is 13.1. The lowest BCUT2D eigenvalue weighted by molar-refractivity contribution is 0.0789. The summed E-state index contributed by atoms with van der Waals surface area (Å²) in [5.74, 6) is 1.57. The van der Waals surface area contributed by atoms with Crippen molar-refractivity contribution in [2.24, 2.45) is 5.92 Å². The first kappa shape index (κ1) is 30.8. The molecule has 39 heavy (non-hydrogen) atoms. The minimum absolute atomic E-state index is 0. The molecular weight excluding hydrogens is 539 g/mol. The standard InChI is InChI=1S/C29H37ClN4O4.ClH/c1-19(2)18-38-27-8-6-23(30)14-22(27)17-34-20(3)13-26(32-34)29(36)31-24-7-5-21(28(15-24)37-4)16-33-11-9-25(35)10-12-33;/h5-8,13-15,19,25,35H,9-12,16-18H2,1-4H3,(H,31,36);1H. The van der Waals surface area contributed by atoms with Crippen molar-refractivity contribution in [1.29, 1.82) is 0 Å². The number of carbonyl (C=O) groups is 1. The van der Waals surface area contributed by atoms with Crippen LogP contribution < -0.4 is 14.8 Å². The highest BCUT2D eigenvalue weighted by atomic mass is 35.5. The largest absolute Gasteiger partial charge is 0.496 e. The number of ether oxygens (including phenoxy) is 2. The smallest absolute Gasteiger partial charge is 0.276 e. The predicted octanol–water partition coefficient (Wildman–Crippen LogP) is 5.57. The number of aryl methyl sites for hydroxylation is 1. The van der Waals surface area contributed by atoms with Crippen molar-refractivity contribution < 1.29 is 19.4 Å². The maximum atomic E-state index is 13.1. The van der Waals surface area contributed by atoms with E-state index >= 15 is 0 Å². The number of anilines is 1. The van der Waals surface area contributed by atoms with Gasteiger partial charge in [-0.3, -0.25) is 14.4 Å². The van der Waals surface area contributed by atoms with Gasteiger partial charge in [0.2, 0.25) is 0 Å². The van der Waals surface area contributed by atoms with Crippen molar-refractivity contribution >= 4 is 35.6 Å². The van der Waals surface area contributed by atoms with E-state index in [0.717, 1.165) is 55.0 Å². The van der Waals surface area contributed by atoms with E-state index in [4.69, 9.17) is 21.1 Å². The number of halogens is 2. The molecule has 0 saturated carbocycles. The fourth-order valence-electron chi connectivity index (χ4n) is 4.48. The van der Waals surface area contributed by atoms with Gasteiger partial charge < -0.3 is 19.9 Å². The van der Waals surface area contributed by atoms with Crippen LogP contribution >= 0.6 is 24.0 Å². The molecule has 212 valence electrons. The Labute approximate surface area is 241 Å². The van der Waals surface area contributed by atoms with E-state index in [1.54, 1.807) is 17.9 Å². The number of nitrogens with one attached hydrogen (secondary N) is 1. The Morgan fingerprint density at radius 2 is 1.85 bits per heavy atom. The number of rotatable bonds is 10. The molecule has 0 radical (unpaired) electrons. The van der Waals surface area contributed by atoms with Crippen LogP contribution in [-0.4, -0.2) is 58.6 Å². The summed E-state index contributed by atoms with van der Waals surface area (Å²) in [4.78, 5) is 15.4. The maximum absolute atomic E-state index is 13.1.